The van der Waals surface area contributed by atoms with E-state index in [9.17, 15) is 8.42 Å². The first-order valence-electron chi connectivity index (χ1n) is 6.83. The number of nitrogens with one attached hydrogen (secondary N) is 1. The molecule has 1 unspecified atom stereocenters. The van der Waals surface area contributed by atoms with Crippen molar-refractivity contribution >= 4 is 9.84 Å². The van der Waals surface area contributed by atoms with Crippen molar-refractivity contribution in [3.63, 3.8) is 0 Å². The second-order valence-corrected chi connectivity index (χ2v) is 8.07. The standard InChI is InChI=1S/C15H25NO4S/c1-15(2,21(5,17)18)14(16-3)12-8-6-7-9-13(12)20-11-10-19-4/h6-9,14,16H,10-11H2,1-5H3. The van der Waals surface area contributed by atoms with Crippen molar-refractivity contribution in [3.05, 3.63) is 29.8 Å². The van der Waals surface area contributed by atoms with Crippen LogP contribution in [0.15, 0.2) is 24.3 Å². The minimum Gasteiger partial charge on any atom is -0.491 e. The van der Waals surface area contributed by atoms with Crippen LogP contribution >= 0.6 is 0 Å². The van der Waals surface area contributed by atoms with Crippen LogP contribution in [0.2, 0.25) is 0 Å². The Labute approximate surface area is 127 Å². The minimum atomic E-state index is -3.25. The van der Waals surface area contributed by atoms with Crippen molar-refractivity contribution in [1.82, 2.24) is 5.32 Å². The third kappa shape index (κ3) is 4.18. The maximum absolute atomic E-state index is 12.1. The van der Waals surface area contributed by atoms with Crippen LogP contribution in [0, 0.1) is 0 Å². The number of rotatable bonds is 8. The lowest BCUT2D eigenvalue weighted by Crippen LogP contribution is -2.44. The molecule has 1 atom stereocenters. The lowest BCUT2D eigenvalue weighted by molar-refractivity contribution is 0.145. The van der Waals surface area contributed by atoms with Gasteiger partial charge in [0.05, 0.1) is 17.4 Å². The molecule has 0 aliphatic rings. The zero-order chi connectivity index (χ0) is 16.1. The van der Waals surface area contributed by atoms with Gasteiger partial charge in [-0.1, -0.05) is 18.2 Å². The van der Waals surface area contributed by atoms with Gasteiger partial charge in [-0.15, -0.1) is 0 Å². The molecule has 6 heteroatoms. The number of hydrogen-bond donors (Lipinski definition) is 1. The highest BCUT2D eigenvalue weighted by Gasteiger charge is 2.40. The van der Waals surface area contributed by atoms with E-state index in [0.29, 0.717) is 19.0 Å². The Kier molecular flexibility index (Phi) is 6.19. The summed E-state index contributed by atoms with van der Waals surface area (Å²) < 4.78 is 33.9. The van der Waals surface area contributed by atoms with Gasteiger partial charge in [0.1, 0.15) is 12.4 Å². The predicted molar refractivity (Wildman–Crippen MR) is 84.5 cm³/mol. The normalized spacial score (nSPS) is 14.0. The first kappa shape index (κ1) is 17.9. The minimum absolute atomic E-state index is 0.369. The molecule has 1 N–H and O–H groups in total. The van der Waals surface area contributed by atoms with Crippen LogP contribution in [0.3, 0.4) is 0 Å². The summed E-state index contributed by atoms with van der Waals surface area (Å²) in [5.74, 6) is 0.672. The van der Waals surface area contributed by atoms with Crippen LogP contribution in [-0.4, -0.2) is 46.8 Å². The van der Waals surface area contributed by atoms with Gasteiger partial charge >= 0.3 is 0 Å². The summed E-state index contributed by atoms with van der Waals surface area (Å²) in [6, 6.07) is 7.10. The maximum atomic E-state index is 12.1. The largest absolute Gasteiger partial charge is 0.491 e. The van der Waals surface area contributed by atoms with Gasteiger partial charge in [-0.05, 0) is 27.0 Å². The van der Waals surface area contributed by atoms with Gasteiger partial charge in [0.15, 0.2) is 9.84 Å². The third-order valence-corrected chi connectivity index (χ3v) is 5.86. The van der Waals surface area contributed by atoms with Crippen LogP contribution in [-0.2, 0) is 14.6 Å². The Morgan fingerprint density at radius 1 is 1.24 bits per heavy atom. The number of benzene rings is 1. The van der Waals surface area contributed by atoms with E-state index in [2.05, 4.69) is 5.32 Å². The monoisotopic (exact) mass is 315 g/mol. The molecular weight excluding hydrogens is 290 g/mol. The van der Waals surface area contributed by atoms with E-state index in [1.165, 1.54) is 6.26 Å². The molecule has 1 aromatic carbocycles. The topological polar surface area (TPSA) is 64.6 Å². The van der Waals surface area contributed by atoms with Crippen molar-refractivity contribution < 1.29 is 17.9 Å². The lowest BCUT2D eigenvalue weighted by atomic mass is 9.94. The molecular formula is C15H25NO4S. The molecule has 0 radical (unpaired) electrons. The molecule has 0 aromatic heterocycles. The first-order valence-corrected chi connectivity index (χ1v) is 8.72. The van der Waals surface area contributed by atoms with Crippen LogP contribution in [0.5, 0.6) is 5.75 Å². The Balaban J connectivity index is 3.17. The fraction of sp³-hybridized carbons (Fsp3) is 0.600. The van der Waals surface area contributed by atoms with Crippen LogP contribution < -0.4 is 10.1 Å². The zero-order valence-corrected chi connectivity index (χ0v) is 14.2. The average Bonchev–Trinajstić information content (AvgIpc) is 2.40. The smallest absolute Gasteiger partial charge is 0.154 e. The summed E-state index contributed by atoms with van der Waals surface area (Å²) in [7, 11) is 0.117. The number of methoxy groups -OCH3 is 1. The van der Waals surface area contributed by atoms with Crippen molar-refractivity contribution in [1.29, 1.82) is 0 Å². The quantitative estimate of drug-likeness (QED) is 0.741. The van der Waals surface area contributed by atoms with Crippen molar-refractivity contribution in [2.45, 2.75) is 24.6 Å². The van der Waals surface area contributed by atoms with Crippen molar-refractivity contribution in [2.24, 2.45) is 0 Å². The van der Waals surface area contributed by atoms with Gasteiger partial charge in [-0.2, -0.15) is 0 Å². The molecule has 1 rings (SSSR count). The van der Waals surface area contributed by atoms with Crippen molar-refractivity contribution in [2.75, 3.05) is 33.6 Å². The molecule has 0 heterocycles. The molecule has 0 aliphatic heterocycles. The van der Waals surface area contributed by atoms with Gasteiger partial charge in [-0.3, -0.25) is 0 Å². The third-order valence-electron chi connectivity index (χ3n) is 3.71. The van der Waals surface area contributed by atoms with E-state index in [1.807, 2.05) is 24.3 Å². The van der Waals surface area contributed by atoms with E-state index in [0.717, 1.165) is 5.56 Å². The molecule has 0 saturated carbocycles. The van der Waals surface area contributed by atoms with E-state index < -0.39 is 14.6 Å². The van der Waals surface area contributed by atoms with Crippen LogP contribution in [0.25, 0.3) is 0 Å². The molecule has 0 bridgehead atoms. The van der Waals surface area contributed by atoms with Crippen LogP contribution in [0.4, 0.5) is 0 Å². The van der Waals surface area contributed by atoms with Crippen molar-refractivity contribution in [3.8, 4) is 5.75 Å². The summed E-state index contributed by atoms with van der Waals surface area (Å²) in [6.07, 6.45) is 1.26. The fourth-order valence-corrected chi connectivity index (χ4v) is 2.85. The molecule has 120 valence electrons. The Hall–Kier alpha value is -1.11. The average molecular weight is 315 g/mol. The number of sulfone groups is 1. The molecule has 0 spiro atoms. The maximum Gasteiger partial charge on any atom is 0.154 e. The SMILES string of the molecule is CNC(c1ccccc1OCCOC)C(C)(C)S(C)(=O)=O. The summed E-state index contributed by atoms with van der Waals surface area (Å²) >= 11 is 0. The number of ether oxygens (including phenoxy) is 2. The number of hydrogen-bond acceptors (Lipinski definition) is 5. The first-order chi connectivity index (χ1) is 9.75. The summed E-state index contributed by atoms with van der Waals surface area (Å²) in [5, 5.41) is 3.11. The highest BCUT2D eigenvalue weighted by Crippen LogP contribution is 2.36. The second-order valence-electron chi connectivity index (χ2n) is 5.48. The summed E-state index contributed by atoms with van der Waals surface area (Å²) in [6.45, 7) is 4.34. The molecule has 0 aliphatic carbocycles. The van der Waals surface area contributed by atoms with E-state index in [-0.39, 0.29) is 6.04 Å². The summed E-state index contributed by atoms with van der Waals surface area (Å²) in [4.78, 5) is 0. The van der Waals surface area contributed by atoms with E-state index in [1.54, 1.807) is 28.0 Å². The Bertz CT molecular complexity index is 555. The predicted octanol–water partition coefficient (Wildman–Crippen LogP) is 1.80. The fourth-order valence-electron chi connectivity index (χ4n) is 2.18. The zero-order valence-electron chi connectivity index (χ0n) is 13.3. The Morgan fingerprint density at radius 3 is 2.38 bits per heavy atom. The van der Waals surface area contributed by atoms with Gasteiger partial charge in [-0.25, -0.2) is 8.42 Å². The van der Waals surface area contributed by atoms with E-state index >= 15 is 0 Å². The Morgan fingerprint density at radius 2 is 1.86 bits per heavy atom. The van der Waals surface area contributed by atoms with Crippen LogP contribution in [0.1, 0.15) is 25.5 Å². The van der Waals surface area contributed by atoms with Gasteiger partial charge in [0.25, 0.3) is 0 Å². The van der Waals surface area contributed by atoms with Gasteiger partial charge in [0, 0.05) is 18.9 Å². The number of para-hydroxylation sites is 1. The molecule has 0 saturated heterocycles. The second kappa shape index (κ2) is 7.24. The molecule has 1 aromatic rings. The molecule has 0 amide bonds. The molecule has 21 heavy (non-hydrogen) atoms. The van der Waals surface area contributed by atoms with Gasteiger partial charge in [0.2, 0.25) is 0 Å². The lowest BCUT2D eigenvalue weighted by Gasteiger charge is -2.33. The highest BCUT2D eigenvalue weighted by molar-refractivity contribution is 7.92. The van der Waals surface area contributed by atoms with E-state index in [4.69, 9.17) is 9.47 Å². The van der Waals surface area contributed by atoms with Gasteiger partial charge < -0.3 is 14.8 Å². The highest BCUT2D eigenvalue weighted by atomic mass is 32.2. The molecule has 5 nitrogen and oxygen atoms in total. The molecule has 0 fully saturated rings. The summed E-state index contributed by atoms with van der Waals surface area (Å²) in [5.41, 5.74) is 0.825.